The van der Waals surface area contributed by atoms with Gasteiger partial charge < -0.3 is 15.4 Å². The van der Waals surface area contributed by atoms with Crippen LogP contribution in [0.5, 0.6) is 5.75 Å². The summed E-state index contributed by atoms with van der Waals surface area (Å²) in [5, 5.41) is 10.7. The van der Waals surface area contributed by atoms with Gasteiger partial charge in [0.05, 0.1) is 17.0 Å². The quantitative estimate of drug-likeness (QED) is 0.660. The summed E-state index contributed by atoms with van der Waals surface area (Å²) >= 11 is 2.95. The summed E-state index contributed by atoms with van der Waals surface area (Å²) in [6.07, 6.45) is 0.404. The average Bonchev–Trinajstić information content (AvgIpc) is 3.30. The van der Waals surface area contributed by atoms with E-state index < -0.39 is 0 Å². The van der Waals surface area contributed by atoms with E-state index in [0.717, 1.165) is 27.4 Å². The molecule has 0 saturated carbocycles. The smallest absolute Gasteiger partial charge is 0.266 e. The van der Waals surface area contributed by atoms with Gasteiger partial charge in [-0.15, -0.1) is 11.3 Å². The number of carbonyl (C=O) groups excluding carboxylic acids is 2. The molecule has 0 aliphatic carbocycles. The molecule has 138 valence electrons. The molecule has 0 bridgehead atoms. The molecule has 4 rings (SSSR count). The topological polar surface area (TPSA) is 67.4 Å². The summed E-state index contributed by atoms with van der Waals surface area (Å²) in [7, 11) is 1.60. The first-order valence-electron chi connectivity index (χ1n) is 8.47. The number of fused-ring (bicyclic) bond motifs is 1. The van der Waals surface area contributed by atoms with Gasteiger partial charge in [0.2, 0.25) is 5.91 Å². The fourth-order valence-electron chi connectivity index (χ4n) is 3.34. The van der Waals surface area contributed by atoms with Crippen LogP contribution in [0.1, 0.15) is 38.7 Å². The van der Waals surface area contributed by atoms with Crippen molar-refractivity contribution in [3.8, 4) is 5.75 Å². The van der Waals surface area contributed by atoms with E-state index in [1.165, 1.54) is 11.3 Å². The second-order valence-electron chi connectivity index (χ2n) is 6.34. The zero-order chi connectivity index (χ0) is 19.0. The SMILES string of the molecule is COc1ccc(NC(=O)c2sc3c(c2C)[C@H](c2ccsc2)CC(=O)N3)cc1. The molecule has 0 unspecified atom stereocenters. The van der Waals surface area contributed by atoms with Gasteiger partial charge in [0.15, 0.2) is 0 Å². The highest BCUT2D eigenvalue weighted by Gasteiger charge is 2.33. The molecule has 0 saturated heterocycles. The van der Waals surface area contributed by atoms with Crippen LogP contribution in [0, 0.1) is 6.92 Å². The molecule has 27 heavy (non-hydrogen) atoms. The Balaban J connectivity index is 1.65. The molecule has 3 heterocycles. The minimum Gasteiger partial charge on any atom is -0.497 e. The lowest BCUT2D eigenvalue weighted by Gasteiger charge is -2.23. The number of hydrogen-bond acceptors (Lipinski definition) is 5. The number of ether oxygens (including phenoxy) is 1. The Morgan fingerprint density at radius 2 is 2.04 bits per heavy atom. The first-order valence-corrected chi connectivity index (χ1v) is 10.2. The van der Waals surface area contributed by atoms with Gasteiger partial charge in [0.1, 0.15) is 5.75 Å². The molecule has 2 aromatic heterocycles. The fourth-order valence-corrected chi connectivity index (χ4v) is 5.24. The van der Waals surface area contributed by atoms with E-state index >= 15 is 0 Å². The molecule has 3 aromatic rings. The number of amides is 2. The van der Waals surface area contributed by atoms with Crippen molar-refractivity contribution in [2.75, 3.05) is 17.7 Å². The molecule has 1 aliphatic rings. The van der Waals surface area contributed by atoms with Crippen LogP contribution in [0.3, 0.4) is 0 Å². The lowest BCUT2D eigenvalue weighted by atomic mass is 9.86. The molecule has 5 nitrogen and oxygen atoms in total. The molecular weight excluding hydrogens is 380 g/mol. The predicted molar refractivity (Wildman–Crippen MR) is 109 cm³/mol. The zero-order valence-electron chi connectivity index (χ0n) is 14.9. The maximum atomic E-state index is 12.8. The normalized spacial score (nSPS) is 15.8. The molecule has 1 atom stereocenters. The Kier molecular flexibility index (Phi) is 4.72. The van der Waals surface area contributed by atoms with E-state index in [1.54, 1.807) is 42.7 Å². The Bertz CT molecular complexity index is 991. The van der Waals surface area contributed by atoms with Crippen molar-refractivity contribution in [3.05, 3.63) is 62.7 Å². The van der Waals surface area contributed by atoms with Crippen molar-refractivity contribution in [2.45, 2.75) is 19.3 Å². The number of carbonyl (C=O) groups is 2. The van der Waals surface area contributed by atoms with Gasteiger partial charge in [0, 0.05) is 18.0 Å². The molecular formula is C20H18N2O3S2. The van der Waals surface area contributed by atoms with Crippen LogP contribution in [0.2, 0.25) is 0 Å². The minimum absolute atomic E-state index is 0.00112. The first-order chi connectivity index (χ1) is 13.1. The van der Waals surface area contributed by atoms with Crippen LogP contribution < -0.4 is 15.4 Å². The maximum absolute atomic E-state index is 12.8. The summed E-state index contributed by atoms with van der Waals surface area (Å²) in [5.41, 5.74) is 3.80. The first kappa shape index (κ1) is 17.8. The van der Waals surface area contributed by atoms with Gasteiger partial charge in [-0.1, -0.05) is 0 Å². The molecule has 1 aliphatic heterocycles. The number of anilines is 2. The van der Waals surface area contributed by atoms with Crippen LogP contribution in [-0.2, 0) is 4.79 Å². The van der Waals surface area contributed by atoms with Crippen LogP contribution in [0.4, 0.5) is 10.7 Å². The monoisotopic (exact) mass is 398 g/mol. The number of rotatable bonds is 4. The van der Waals surface area contributed by atoms with E-state index in [4.69, 9.17) is 4.74 Å². The van der Waals surface area contributed by atoms with Crippen LogP contribution >= 0.6 is 22.7 Å². The summed E-state index contributed by atoms with van der Waals surface area (Å²) in [5.74, 6) is 0.549. The van der Waals surface area contributed by atoms with Crippen LogP contribution in [0.25, 0.3) is 0 Å². The molecule has 2 amide bonds. The summed E-state index contributed by atoms with van der Waals surface area (Å²) in [6, 6.07) is 9.25. The highest BCUT2D eigenvalue weighted by molar-refractivity contribution is 7.18. The van der Waals surface area contributed by atoms with Gasteiger partial charge >= 0.3 is 0 Å². The fraction of sp³-hybridized carbons (Fsp3) is 0.200. The summed E-state index contributed by atoms with van der Waals surface area (Å²) < 4.78 is 5.14. The van der Waals surface area contributed by atoms with E-state index in [0.29, 0.717) is 17.0 Å². The van der Waals surface area contributed by atoms with E-state index in [9.17, 15) is 9.59 Å². The van der Waals surface area contributed by atoms with Gasteiger partial charge in [-0.3, -0.25) is 9.59 Å². The number of nitrogens with one attached hydrogen (secondary N) is 2. The van der Waals surface area contributed by atoms with E-state index in [-0.39, 0.29) is 17.7 Å². The van der Waals surface area contributed by atoms with E-state index in [2.05, 4.69) is 16.0 Å². The van der Waals surface area contributed by atoms with Gasteiger partial charge in [-0.25, -0.2) is 0 Å². The molecule has 7 heteroatoms. The van der Waals surface area contributed by atoms with Crippen molar-refractivity contribution in [1.82, 2.24) is 0 Å². The Morgan fingerprint density at radius 1 is 1.26 bits per heavy atom. The molecule has 0 spiro atoms. The summed E-state index contributed by atoms with van der Waals surface area (Å²) in [6.45, 7) is 1.95. The van der Waals surface area contributed by atoms with Crippen molar-refractivity contribution < 1.29 is 14.3 Å². The maximum Gasteiger partial charge on any atom is 0.266 e. The predicted octanol–water partition coefficient (Wildman–Crippen LogP) is 4.85. The third-order valence-corrected chi connectivity index (χ3v) is 6.61. The van der Waals surface area contributed by atoms with Gasteiger partial charge in [0.25, 0.3) is 5.91 Å². The number of benzene rings is 1. The van der Waals surface area contributed by atoms with Crippen molar-refractivity contribution in [3.63, 3.8) is 0 Å². The Morgan fingerprint density at radius 3 is 2.70 bits per heavy atom. The Hall–Kier alpha value is -2.64. The third kappa shape index (κ3) is 3.36. The largest absolute Gasteiger partial charge is 0.497 e. The number of thiophene rings is 2. The molecule has 2 N–H and O–H groups in total. The molecule has 0 radical (unpaired) electrons. The summed E-state index contributed by atoms with van der Waals surface area (Å²) in [4.78, 5) is 25.6. The minimum atomic E-state index is -0.171. The highest BCUT2D eigenvalue weighted by Crippen LogP contribution is 2.45. The lowest BCUT2D eigenvalue weighted by Crippen LogP contribution is -2.22. The second kappa shape index (κ2) is 7.17. The van der Waals surface area contributed by atoms with E-state index in [1.807, 2.05) is 18.4 Å². The van der Waals surface area contributed by atoms with Crippen LogP contribution in [-0.4, -0.2) is 18.9 Å². The zero-order valence-corrected chi connectivity index (χ0v) is 16.5. The van der Waals surface area contributed by atoms with Crippen molar-refractivity contribution >= 4 is 45.2 Å². The lowest BCUT2D eigenvalue weighted by molar-refractivity contribution is -0.116. The van der Waals surface area contributed by atoms with Crippen molar-refractivity contribution in [1.29, 1.82) is 0 Å². The third-order valence-electron chi connectivity index (χ3n) is 4.68. The molecule has 1 aromatic carbocycles. The van der Waals surface area contributed by atoms with Crippen molar-refractivity contribution in [2.24, 2.45) is 0 Å². The standard InChI is InChI=1S/C20H18N2O3S2/c1-11-17-15(12-7-8-26-10-12)9-16(23)22-20(17)27-18(11)19(24)21-13-3-5-14(25-2)6-4-13/h3-8,10,15H,9H2,1-2H3,(H,21,24)(H,22,23)/t15-/m0/s1. The molecule has 0 fully saturated rings. The van der Waals surface area contributed by atoms with Crippen LogP contribution in [0.15, 0.2) is 41.1 Å². The number of methoxy groups -OCH3 is 1. The van der Waals surface area contributed by atoms with Gasteiger partial charge in [-0.2, -0.15) is 11.3 Å². The van der Waals surface area contributed by atoms with Gasteiger partial charge in [-0.05, 0) is 64.7 Å². The number of hydrogen-bond donors (Lipinski definition) is 2. The Labute approximate surface area is 165 Å². The highest BCUT2D eigenvalue weighted by atomic mass is 32.1. The average molecular weight is 399 g/mol. The second-order valence-corrected chi connectivity index (χ2v) is 8.14.